The van der Waals surface area contributed by atoms with Gasteiger partial charge in [-0.15, -0.1) is 0 Å². The fraction of sp³-hybridized carbons (Fsp3) is 0.226. The molecule has 0 spiro atoms. The highest BCUT2D eigenvalue weighted by molar-refractivity contribution is 9.10. The van der Waals surface area contributed by atoms with E-state index in [-0.39, 0.29) is 24.9 Å². The van der Waals surface area contributed by atoms with Crippen molar-refractivity contribution < 1.29 is 40.8 Å². The highest BCUT2D eigenvalue weighted by Crippen LogP contribution is 2.23. The van der Waals surface area contributed by atoms with E-state index in [1.54, 1.807) is 42.6 Å². The van der Waals surface area contributed by atoms with Crippen molar-refractivity contribution in [3.63, 3.8) is 0 Å². The maximum atomic E-state index is 13.0. The summed E-state index contributed by atoms with van der Waals surface area (Å²) in [6.45, 7) is 4.31. The number of aryl methyl sites for hydroxylation is 1. The van der Waals surface area contributed by atoms with Crippen molar-refractivity contribution in [2.24, 2.45) is 0 Å². The summed E-state index contributed by atoms with van der Waals surface area (Å²) in [5.41, 5.74) is 1.65. The van der Waals surface area contributed by atoms with Gasteiger partial charge in [0.25, 0.3) is 5.91 Å². The average molecular weight is 690 g/mol. The second kappa shape index (κ2) is 16.1. The van der Waals surface area contributed by atoms with Crippen LogP contribution in [0.1, 0.15) is 42.3 Å². The molecule has 226 valence electrons. The third kappa shape index (κ3) is 9.84. The van der Waals surface area contributed by atoms with Crippen LogP contribution >= 0.6 is 27.5 Å². The van der Waals surface area contributed by atoms with Gasteiger partial charge in [-0.25, -0.2) is 14.2 Å². The number of pyridine rings is 1. The largest absolute Gasteiger partial charge is 1.00 e. The number of carbonyl (C=O) groups is 3. The summed E-state index contributed by atoms with van der Waals surface area (Å²) in [6.07, 6.45) is 1.14. The average Bonchev–Trinajstić information content (AvgIpc) is 2.95. The first-order valence-corrected chi connectivity index (χ1v) is 14.5. The SMILES string of the molecule is CCC[n+]1cc(Br)cc(C(=O)NCC(OC(=O)NC(C)OC(=O)Nc2cccc3ccccc23)c2ccc(Cl)cc2)c1.[Cl-]. The van der Waals surface area contributed by atoms with Gasteiger partial charge in [0, 0.05) is 16.8 Å². The van der Waals surface area contributed by atoms with Gasteiger partial charge in [0.1, 0.15) is 18.2 Å². The quantitative estimate of drug-likeness (QED) is 0.174. The number of alkyl carbamates (subject to hydrolysis) is 1. The van der Waals surface area contributed by atoms with E-state index in [2.05, 4.69) is 38.8 Å². The molecule has 12 heteroatoms. The number of hydrogen-bond donors (Lipinski definition) is 3. The van der Waals surface area contributed by atoms with Gasteiger partial charge in [-0.1, -0.05) is 67.1 Å². The lowest BCUT2D eigenvalue weighted by Gasteiger charge is -2.21. The number of anilines is 1. The van der Waals surface area contributed by atoms with Crippen molar-refractivity contribution in [3.05, 3.63) is 106 Å². The van der Waals surface area contributed by atoms with Gasteiger partial charge in [-0.05, 0) is 58.1 Å². The van der Waals surface area contributed by atoms with E-state index in [1.165, 1.54) is 6.92 Å². The summed E-state index contributed by atoms with van der Waals surface area (Å²) in [5, 5.41) is 10.4. The molecular formula is C31H31BrCl2N4O5. The van der Waals surface area contributed by atoms with Gasteiger partial charge < -0.3 is 27.2 Å². The Morgan fingerprint density at radius 3 is 2.42 bits per heavy atom. The Balaban J connectivity index is 0.00000506. The van der Waals surface area contributed by atoms with E-state index in [9.17, 15) is 14.4 Å². The van der Waals surface area contributed by atoms with Crippen LogP contribution in [0.25, 0.3) is 10.8 Å². The Kier molecular flexibility index (Phi) is 12.6. The first-order valence-electron chi connectivity index (χ1n) is 13.4. The van der Waals surface area contributed by atoms with Gasteiger partial charge in [0.2, 0.25) is 0 Å². The molecule has 0 radical (unpaired) electrons. The maximum absolute atomic E-state index is 13.0. The molecule has 4 aromatic rings. The summed E-state index contributed by atoms with van der Waals surface area (Å²) < 4.78 is 13.7. The number of benzene rings is 3. The Hall–Kier alpha value is -3.86. The molecule has 3 amide bonds. The predicted octanol–water partition coefficient (Wildman–Crippen LogP) is 3.75. The number of ether oxygens (including phenoxy) is 2. The molecule has 0 bridgehead atoms. The van der Waals surface area contributed by atoms with E-state index in [1.807, 2.05) is 47.2 Å². The van der Waals surface area contributed by atoms with Crippen LogP contribution in [-0.2, 0) is 16.0 Å². The Bertz CT molecular complexity index is 1570. The fourth-order valence-corrected chi connectivity index (χ4v) is 4.93. The third-order valence-corrected chi connectivity index (χ3v) is 6.89. The number of amides is 3. The van der Waals surface area contributed by atoms with Crippen molar-refractivity contribution >= 4 is 62.1 Å². The van der Waals surface area contributed by atoms with Crippen LogP contribution in [0, 0.1) is 0 Å². The van der Waals surface area contributed by atoms with Gasteiger partial charge >= 0.3 is 12.2 Å². The first kappa shape index (κ1) is 33.6. The number of nitrogens with one attached hydrogen (secondary N) is 3. The van der Waals surface area contributed by atoms with Gasteiger partial charge in [-0.2, -0.15) is 0 Å². The number of fused-ring (bicyclic) bond motifs is 1. The van der Waals surface area contributed by atoms with Crippen molar-refractivity contribution in [2.45, 2.75) is 39.1 Å². The number of aromatic nitrogens is 1. The van der Waals surface area contributed by atoms with E-state index in [0.717, 1.165) is 28.2 Å². The number of halogens is 3. The molecule has 0 aliphatic heterocycles. The van der Waals surface area contributed by atoms with Crippen molar-refractivity contribution in [3.8, 4) is 0 Å². The molecular weight excluding hydrogens is 659 g/mol. The molecule has 0 saturated heterocycles. The summed E-state index contributed by atoms with van der Waals surface area (Å²) >= 11 is 9.49. The van der Waals surface area contributed by atoms with Crippen LogP contribution in [0.2, 0.25) is 5.02 Å². The molecule has 0 aliphatic rings. The monoisotopic (exact) mass is 688 g/mol. The molecule has 43 heavy (non-hydrogen) atoms. The van der Waals surface area contributed by atoms with Gasteiger partial charge in [0.05, 0.1) is 16.7 Å². The number of hydrogen-bond acceptors (Lipinski definition) is 5. The smallest absolute Gasteiger partial charge is 0.413 e. The molecule has 2 atom stereocenters. The van der Waals surface area contributed by atoms with Crippen molar-refractivity contribution in [2.75, 3.05) is 11.9 Å². The highest BCUT2D eigenvalue weighted by Gasteiger charge is 2.22. The molecule has 0 saturated carbocycles. The van der Waals surface area contributed by atoms with Crippen molar-refractivity contribution in [1.82, 2.24) is 10.6 Å². The summed E-state index contributed by atoms with van der Waals surface area (Å²) in [6, 6.07) is 21.6. The lowest BCUT2D eigenvalue weighted by Crippen LogP contribution is -3.00. The number of rotatable bonds is 10. The molecule has 4 rings (SSSR count). The second-order valence-corrected chi connectivity index (χ2v) is 10.8. The van der Waals surface area contributed by atoms with Gasteiger partial charge in [-0.3, -0.25) is 15.4 Å². The number of carbonyl (C=O) groups excluding carboxylic acids is 3. The Morgan fingerprint density at radius 2 is 1.67 bits per heavy atom. The normalized spacial score (nSPS) is 11.9. The van der Waals surface area contributed by atoms with E-state index >= 15 is 0 Å². The highest BCUT2D eigenvalue weighted by atomic mass is 79.9. The lowest BCUT2D eigenvalue weighted by molar-refractivity contribution is -0.697. The second-order valence-electron chi connectivity index (χ2n) is 9.48. The molecule has 1 aromatic heterocycles. The predicted molar refractivity (Wildman–Crippen MR) is 164 cm³/mol. The van der Waals surface area contributed by atoms with Crippen LogP contribution in [0.4, 0.5) is 15.3 Å². The maximum Gasteiger partial charge on any atom is 0.413 e. The van der Waals surface area contributed by atoms with E-state index in [0.29, 0.717) is 21.8 Å². The van der Waals surface area contributed by atoms with Crippen LogP contribution in [-0.4, -0.2) is 30.9 Å². The minimum absolute atomic E-state index is 0. The van der Waals surface area contributed by atoms with Crippen LogP contribution in [0.15, 0.2) is 89.7 Å². The Morgan fingerprint density at radius 1 is 0.953 bits per heavy atom. The number of nitrogens with zero attached hydrogens (tertiary/aromatic N) is 1. The zero-order valence-electron chi connectivity index (χ0n) is 23.5. The summed E-state index contributed by atoms with van der Waals surface area (Å²) in [5.74, 6) is -0.328. The molecule has 3 N–H and O–H groups in total. The minimum atomic E-state index is -1.01. The molecule has 2 unspecified atom stereocenters. The zero-order valence-corrected chi connectivity index (χ0v) is 26.6. The lowest BCUT2D eigenvalue weighted by atomic mass is 10.1. The van der Waals surface area contributed by atoms with Crippen LogP contribution in [0.5, 0.6) is 0 Å². The standard InChI is InChI=1S/C31H30BrClN4O5.ClH/c1-3-15-37-18-23(16-24(32)19-37)29(38)34-17-28(22-11-13-25(33)14-12-22)42-30(39)35-20(2)41-31(40)36-27-10-6-8-21-7-4-5-9-26(21)27;/h4-14,16,18-20,28H,3,15,17H2,1-2H3,(H2-,34,35,36,38,39,40);1H. The van der Waals surface area contributed by atoms with Gasteiger partial charge in [0.15, 0.2) is 18.6 Å². The molecule has 1 heterocycles. The zero-order chi connectivity index (χ0) is 30.1. The van der Waals surface area contributed by atoms with E-state index < -0.39 is 24.5 Å². The minimum Gasteiger partial charge on any atom is -1.00 e. The Labute approximate surface area is 269 Å². The molecule has 9 nitrogen and oxygen atoms in total. The van der Waals surface area contributed by atoms with Crippen LogP contribution in [0.3, 0.4) is 0 Å². The fourth-order valence-electron chi connectivity index (χ4n) is 4.29. The molecule has 0 fully saturated rings. The summed E-state index contributed by atoms with van der Waals surface area (Å²) in [7, 11) is 0. The molecule has 0 aliphatic carbocycles. The van der Waals surface area contributed by atoms with E-state index in [4.69, 9.17) is 21.1 Å². The first-order chi connectivity index (χ1) is 20.2. The third-order valence-electron chi connectivity index (χ3n) is 6.20. The van der Waals surface area contributed by atoms with Crippen LogP contribution < -0.4 is 32.9 Å². The topological polar surface area (TPSA) is 110 Å². The molecule has 3 aromatic carbocycles. The summed E-state index contributed by atoms with van der Waals surface area (Å²) in [4.78, 5) is 38.3. The van der Waals surface area contributed by atoms with Crippen molar-refractivity contribution in [1.29, 1.82) is 0 Å².